The van der Waals surface area contributed by atoms with Crippen LogP contribution in [0.3, 0.4) is 0 Å². The SMILES string of the molecule is CCC(F)(F)c1cc(F)cc(Br)c1Br. The van der Waals surface area contributed by atoms with Crippen molar-refractivity contribution in [2.75, 3.05) is 0 Å². The fraction of sp³-hybridized carbons (Fsp3) is 0.333. The van der Waals surface area contributed by atoms with Crippen LogP contribution in [0.2, 0.25) is 0 Å². The van der Waals surface area contributed by atoms with E-state index in [0.29, 0.717) is 4.47 Å². The lowest BCUT2D eigenvalue weighted by Gasteiger charge is -2.16. The molecule has 1 aromatic carbocycles. The molecule has 0 fully saturated rings. The van der Waals surface area contributed by atoms with E-state index in [1.807, 2.05) is 0 Å². The van der Waals surface area contributed by atoms with Crippen LogP contribution >= 0.6 is 31.9 Å². The van der Waals surface area contributed by atoms with Crippen LogP contribution in [0.1, 0.15) is 18.9 Å². The zero-order valence-corrected chi connectivity index (χ0v) is 10.4. The Hall–Kier alpha value is -0.0300. The highest BCUT2D eigenvalue weighted by molar-refractivity contribution is 9.13. The Balaban J connectivity index is 3.34. The molecule has 0 bridgehead atoms. The van der Waals surface area contributed by atoms with E-state index in [2.05, 4.69) is 31.9 Å². The van der Waals surface area contributed by atoms with E-state index in [9.17, 15) is 13.2 Å². The molecule has 0 amide bonds. The van der Waals surface area contributed by atoms with Gasteiger partial charge in [-0.2, -0.15) is 0 Å². The maximum atomic E-state index is 13.3. The fourth-order valence-electron chi connectivity index (χ4n) is 1.01. The zero-order chi connectivity index (χ0) is 10.9. The number of rotatable bonds is 2. The number of hydrogen-bond acceptors (Lipinski definition) is 0. The third-order valence-corrected chi connectivity index (χ3v) is 3.84. The minimum Gasteiger partial charge on any atom is -0.207 e. The average Bonchev–Trinajstić information content (AvgIpc) is 2.11. The van der Waals surface area contributed by atoms with Crippen molar-refractivity contribution < 1.29 is 13.2 Å². The Morgan fingerprint density at radius 1 is 1.29 bits per heavy atom. The van der Waals surface area contributed by atoms with Crippen molar-refractivity contribution in [1.29, 1.82) is 0 Å². The van der Waals surface area contributed by atoms with Gasteiger partial charge in [0.25, 0.3) is 5.92 Å². The first kappa shape index (κ1) is 12.0. The van der Waals surface area contributed by atoms with Crippen molar-refractivity contribution in [3.8, 4) is 0 Å². The molecule has 14 heavy (non-hydrogen) atoms. The summed E-state index contributed by atoms with van der Waals surface area (Å²) in [7, 11) is 0. The largest absolute Gasteiger partial charge is 0.274 e. The van der Waals surface area contributed by atoms with Gasteiger partial charge in [0, 0.05) is 20.9 Å². The van der Waals surface area contributed by atoms with Gasteiger partial charge in [0.1, 0.15) is 5.82 Å². The van der Waals surface area contributed by atoms with Gasteiger partial charge in [0.15, 0.2) is 0 Å². The van der Waals surface area contributed by atoms with Crippen LogP contribution in [-0.4, -0.2) is 0 Å². The highest BCUT2D eigenvalue weighted by atomic mass is 79.9. The highest BCUT2D eigenvalue weighted by Gasteiger charge is 2.32. The summed E-state index contributed by atoms with van der Waals surface area (Å²) in [6.07, 6.45) is -0.360. The molecule has 0 spiro atoms. The molecule has 5 heteroatoms. The van der Waals surface area contributed by atoms with Crippen LogP contribution in [0.5, 0.6) is 0 Å². The van der Waals surface area contributed by atoms with E-state index in [-0.39, 0.29) is 16.5 Å². The molecule has 0 aliphatic rings. The molecule has 0 atom stereocenters. The molecule has 0 aliphatic carbocycles. The van der Waals surface area contributed by atoms with Crippen LogP contribution < -0.4 is 0 Å². The predicted molar refractivity (Wildman–Crippen MR) is 56.0 cm³/mol. The highest BCUT2D eigenvalue weighted by Crippen LogP contribution is 2.39. The minimum atomic E-state index is -3.01. The van der Waals surface area contributed by atoms with E-state index >= 15 is 0 Å². The topological polar surface area (TPSA) is 0 Å². The molecular weight excluding hydrogens is 325 g/mol. The van der Waals surface area contributed by atoms with Crippen LogP contribution in [-0.2, 0) is 5.92 Å². The normalized spacial score (nSPS) is 11.9. The average molecular weight is 332 g/mol. The molecule has 0 saturated carbocycles. The number of alkyl halides is 2. The van der Waals surface area contributed by atoms with Crippen molar-refractivity contribution >= 4 is 31.9 Å². The molecule has 0 radical (unpaired) electrons. The van der Waals surface area contributed by atoms with Crippen LogP contribution in [0.4, 0.5) is 13.2 Å². The molecule has 0 heterocycles. The van der Waals surface area contributed by atoms with Gasteiger partial charge in [-0.25, -0.2) is 13.2 Å². The number of hydrogen-bond donors (Lipinski definition) is 0. The zero-order valence-electron chi connectivity index (χ0n) is 7.25. The van der Waals surface area contributed by atoms with Crippen molar-refractivity contribution in [2.45, 2.75) is 19.3 Å². The number of halogens is 5. The summed E-state index contributed by atoms with van der Waals surface area (Å²) < 4.78 is 40.0. The molecule has 0 N–H and O–H groups in total. The summed E-state index contributed by atoms with van der Waals surface area (Å²) in [5.74, 6) is -3.69. The summed E-state index contributed by atoms with van der Waals surface area (Å²) in [6.45, 7) is 1.35. The lowest BCUT2D eigenvalue weighted by molar-refractivity contribution is -0.00938. The Morgan fingerprint density at radius 2 is 1.86 bits per heavy atom. The molecule has 0 aromatic heterocycles. The summed E-state index contributed by atoms with van der Waals surface area (Å²) >= 11 is 6.00. The number of benzene rings is 1. The van der Waals surface area contributed by atoms with E-state index < -0.39 is 11.7 Å². The second kappa shape index (κ2) is 4.23. The lowest BCUT2D eigenvalue weighted by atomic mass is 10.1. The molecule has 0 aliphatic heterocycles. The van der Waals surface area contributed by atoms with Gasteiger partial charge >= 0.3 is 0 Å². The van der Waals surface area contributed by atoms with E-state index in [0.717, 1.165) is 12.1 Å². The second-order valence-electron chi connectivity index (χ2n) is 2.81. The van der Waals surface area contributed by atoms with Crippen LogP contribution in [0.15, 0.2) is 21.1 Å². The summed E-state index contributed by atoms with van der Waals surface area (Å²) in [5.41, 5.74) is -0.327. The van der Waals surface area contributed by atoms with Crippen molar-refractivity contribution in [3.05, 3.63) is 32.5 Å². The molecule has 0 unspecified atom stereocenters. The van der Waals surface area contributed by atoms with E-state index in [1.165, 1.54) is 6.92 Å². The van der Waals surface area contributed by atoms with Gasteiger partial charge in [-0.1, -0.05) is 6.92 Å². The van der Waals surface area contributed by atoms with Crippen molar-refractivity contribution in [3.63, 3.8) is 0 Å². The molecule has 78 valence electrons. The van der Waals surface area contributed by atoms with Crippen LogP contribution in [0.25, 0.3) is 0 Å². The fourth-order valence-corrected chi connectivity index (χ4v) is 1.96. The first-order valence-electron chi connectivity index (χ1n) is 3.91. The molecule has 0 nitrogen and oxygen atoms in total. The first-order chi connectivity index (χ1) is 6.38. The van der Waals surface area contributed by atoms with Gasteiger partial charge in [0.2, 0.25) is 0 Å². The van der Waals surface area contributed by atoms with Crippen LogP contribution in [0, 0.1) is 5.82 Å². The quantitative estimate of drug-likeness (QED) is 0.679. The minimum absolute atomic E-state index is 0.200. The Kier molecular flexibility index (Phi) is 3.63. The van der Waals surface area contributed by atoms with Gasteiger partial charge in [-0.15, -0.1) is 0 Å². The maximum Gasteiger partial charge on any atom is 0.274 e. The predicted octanol–water partition coefficient (Wildman–Crippen LogP) is 4.85. The Bertz CT molecular complexity index is 350. The molecule has 0 saturated heterocycles. The van der Waals surface area contributed by atoms with Crippen molar-refractivity contribution in [1.82, 2.24) is 0 Å². The molecular formula is C9H7Br2F3. The maximum absolute atomic E-state index is 13.3. The van der Waals surface area contributed by atoms with Gasteiger partial charge < -0.3 is 0 Å². The summed E-state index contributed by atoms with van der Waals surface area (Å²) in [4.78, 5) is 0. The summed E-state index contributed by atoms with van der Waals surface area (Å²) in [5, 5.41) is 0. The third-order valence-electron chi connectivity index (χ3n) is 1.83. The van der Waals surface area contributed by atoms with E-state index in [1.54, 1.807) is 0 Å². The monoisotopic (exact) mass is 330 g/mol. The lowest BCUT2D eigenvalue weighted by Crippen LogP contribution is -2.13. The standard InChI is InChI=1S/C9H7Br2F3/c1-2-9(13,14)6-3-5(12)4-7(10)8(6)11/h3-4H,2H2,1H3. The molecule has 1 rings (SSSR count). The van der Waals surface area contributed by atoms with Gasteiger partial charge in [-0.3, -0.25) is 0 Å². The van der Waals surface area contributed by atoms with Gasteiger partial charge in [0.05, 0.1) is 0 Å². The van der Waals surface area contributed by atoms with E-state index in [4.69, 9.17) is 0 Å². The third kappa shape index (κ3) is 2.31. The Labute approximate surface area is 96.8 Å². The van der Waals surface area contributed by atoms with Gasteiger partial charge in [-0.05, 0) is 44.0 Å². The smallest absolute Gasteiger partial charge is 0.207 e. The second-order valence-corrected chi connectivity index (χ2v) is 4.45. The first-order valence-corrected chi connectivity index (χ1v) is 5.50. The molecule has 1 aromatic rings. The Morgan fingerprint density at radius 3 is 2.36 bits per heavy atom. The van der Waals surface area contributed by atoms with Crippen molar-refractivity contribution in [2.24, 2.45) is 0 Å². The summed E-state index contributed by atoms with van der Waals surface area (Å²) in [6, 6.07) is 1.98.